The third-order valence-corrected chi connectivity index (χ3v) is 7.68. The molecule has 2 heterocycles. The highest BCUT2D eigenvalue weighted by Gasteiger charge is 2.45. The summed E-state index contributed by atoms with van der Waals surface area (Å²) >= 11 is 3.51. The van der Waals surface area contributed by atoms with Crippen molar-refractivity contribution < 1.29 is 19.5 Å². The van der Waals surface area contributed by atoms with Gasteiger partial charge in [-0.1, -0.05) is 94.7 Å². The fourth-order valence-electron chi connectivity index (χ4n) is 5.01. The van der Waals surface area contributed by atoms with Gasteiger partial charge in [-0.25, -0.2) is 9.48 Å². The zero-order chi connectivity index (χ0) is 30.4. The second-order valence-corrected chi connectivity index (χ2v) is 10.8. The molecule has 1 N–H and O–H groups in total. The molecule has 0 radical (unpaired) electrons. The van der Waals surface area contributed by atoms with Crippen molar-refractivity contribution in [1.82, 2.24) is 9.78 Å². The van der Waals surface area contributed by atoms with E-state index in [2.05, 4.69) is 26.2 Å². The van der Waals surface area contributed by atoms with Crippen LogP contribution in [0.25, 0.3) is 11.1 Å². The second-order valence-electron chi connectivity index (χ2n) is 9.96. The summed E-state index contributed by atoms with van der Waals surface area (Å²) in [5.74, 6) is -0.469. The zero-order valence-electron chi connectivity index (χ0n) is 24.3. The van der Waals surface area contributed by atoms with E-state index < -0.39 is 11.6 Å². The molecule has 8 nitrogen and oxygen atoms in total. The highest BCUT2D eigenvalue weighted by Crippen LogP contribution is 2.41. The van der Waals surface area contributed by atoms with Crippen LogP contribution in [-0.4, -0.2) is 33.2 Å². The van der Waals surface area contributed by atoms with E-state index in [1.165, 1.54) is 4.68 Å². The minimum absolute atomic E-state index is 0.0487. The van der Waals surface area contributed by atoms with Gasteiger partial charge in [-0.2, -0.15) is 5.10 Å². The van der Waals surface area contributed by atoms with Crippen LogP contribution in [0.4, 0.5) is 0 Å². The molecule has 0 fully saturated rings. The molecule has 0 unspecified atom stereocenters. The topological polar surface area (TPSA) is 103 Å². The van der Waals surface area contributed by atoms with Gasteiger partial charge in [0.2, 0.25) is 0 Å². The number of benzene rings is 3. The van der Waals surface area contributed by atoms with Gasteiger partial charge in [0.25, 0.3) is 5.56 Å². The first kappa shape index (κ1) is 30.7. The molecule has 0 spiro atoms. The van der Waals surface area contributed by atoms with Gasteiger partial charge in [0, 0.05) is 28.2 Å². The molecule has 0 aliphatic carbocycles. The van der Waals surface area contributed by atoms with Crippen LogP contribution in [0.3, 0.4) is 0 Å². The van der Waals surface area contributed by atoms with Crippen LogP contribution in [0.5, 0.6) is 5.75 Å². The van der Waals surface area contributed by atoms with E-state index in [0.29, 0.717) is 30.0 Å². The molecule has 0 saturated heterocycles. The first-order valence-corrected chi connectivity index (χ1v) is 14.5. The molecule has 1 aliphatic rings. The van der Waals surface area contributed by atoms with Crippen molar-refractivity contribution in [3.05, 3.63) is 116 Å². The summed E-state index contributed by atoms with van der Waals surface area (Å²) in [6, 6.07) is 23.6. The van der Waals surface area contributed by atoms with Crippen LogP contribution >= 0.6 is 15.9 Å². The summed E-state index contributed by atoms with van der Waals surface area (Å²) in [7, 11) is 1.59. The Morgan fingerprint density at radius 1 is 1.02 bits per heavy atom. The van der Waals surface area contributed by atoms with Crippen molar-refractivity contribution in [2.75, 3.05) is 6.61 Å². The number of carbonyl (C=O) groups excluding carboxylic acids is 1. The van der Waals surface area contributed by atoms with Crippen molar-refractivity contribution in [3.63, 3.8) is 0 Å². The summed E-state index contributed by atoms with van der Waals surface area (Å²) in [6.45, 7) is 7.81. The molecule has 0 atom stereocenters. The number of nitrogens with zero attached hydrogens (tertiary/aromatic N) is 3. The van der Waals surface area contributed by atoms with E-state index in [1.807, 2.05) is 86.6 Å². The van der Waals surface area contributed by atoms with Crippen LogP contribution in [-0.2, 0) is 33.4 Å². The Morgan fingerprint density at radius 2 is 1.62 bits per heavy atom. The molecule has 9 heteroatoms. The Hall–Kier alpha value is -4.24. The lowest BCUT2D eigenvalue weighted by Gasteiger charge is -2.27. The molecule has 0 saturated carbocycles. The normalized spacial score (nSPS) is 13.4. The number of oxime groups is 1. The SMILES string of the molecule is CCOC(=O)C1=NOC(c2ccccc2)(c2ccccc2)C1.CCc1cc(C)cc(Br)c1-c1c(O)c(C)nn(C)c1=O. The maximum Gasteiger partial charge on any atom is 0.356 e. The van der Waals surface area contributed by atoms with E-state index in [1.54, 1.807) is 20.9 Å². The molecule has 0 amide bonds. The number of aromatic hydroxyl groups is 1. The molecule has 1 aliphatic heterocycles. The Morgan fingerprint density at radius 3 is 2.17 bits per heavy atom. The van der Waals surface area contributed by atoms with Crippen molar-refractivity contribution in [1.29, 1.82) is 0 Å². The van der Waals surface area contributed by atoms with Crippen LogP contribution in [0, 0.1) is 13.8 Å². The summed E-state index contributed by atoms with van der Waals surface area (Å²) in [5, 5.41) is 18.3. The molecule has 42 heavy (non-hydrogen) atoms. The van der Waals surface area contributed by atoms with Gasteiger partial charge >= 0.3 is 5.97 Å². The highest BCUT2D eigenvalue weighted by molar-refractivity contribution is 9.10. The fraction of sp³-hybridized carbons (Fsp3) is 0.273. The second kappa shape index (κ2) is 13.2. The lowest BCUT2D eigenvalue weighted by Crippen LogP contribution is -2.29. The predicted octanol–water partition coefficient (Wildman–Crippen LogP) is 6.36. The van der Waals surface area contributed by atoms with Crippen LogP contribution < -0.4 is 5.56 Å². The third kappa shape index (κ3) is 6.16. The minimum atomic E-state index is -0.773. The number of rotatable bonds is 6. The summed E-state index contributed by atoms with van der Waals surface area (Å²) in [5.41, 5.74) is 4.80. The monoisotopic (exact) mass is 631 g/mol. The number of carbonyl (C=O) groups is 1. The number of hydrogen-bond donors (Lipinski definition) is 1. The maximum absolute atomic E-state index is 12.4. The molecule has 5 rings (SSSR count). The van der Waals surface area contributed by atoms with Gasteiger partial charge in [0.1, 0.15) is 5.69 Å². The Bertz CT molecular complexity index is 1630. The zero-order valence-corrected chi connectivity index (χ0v) is 25.9. The van der Waals surface area contributed by atoms with Gasteiger partial charge < -0.3 is 14.7 Å². The molecule has 0 bridgehead atoms. The number of esters is 1. The van der Waals surface area contributed by atoms with Crippen molar-refractivity contribution >= 4 is 27.6 Å². The molecule has 3 aromatic carbocycles. The van der Waals surface area contributed by atoms with Gasteiger partial charge in [0.15, 0.2) is 17.1 Å². The number of aryl methyl sites for hydroxylation is 4. The standard InChI is InChI=1S/C18H17NO3.C15H17BrN2O2/c1-2-21-17(20)16-13-18(22-19-16,14-9-5-3-6-10-14)15-11-7-4-8-12-15;1-5-10-6-8(2)7-11(16)12(10)13-14(19)9(3)17-18(4)15(13)20/h3-12H,2,13H2,1H3;6-7,19H,5H2,1-4H3. The van der Waals surface area contributed by atoms with Crippen LogP contribution in [0.1, 0.15) is 48.2 Å². The average Bonchev–Trinajstić information content (AvgIpc) is 3.45. The summed E-state index contributed by atoms with van der Waals surface area (Å²) in [6.07, 6.45) is 1.14. The number of hydrogen-bond acceptors (Lipinski definition) is 7. The van der Waals surface area contributed by atoms with E-state index in [9.17, 15) is 14.7 Å². The summed E-state index contributed by atoms with van der Waals surface area (Å²) in [4.78, 5) is 30.1. The summed E-state index contributed by atoms with van der Waals surface area (Å²) < 4.78 is 7.11. The smallest absolute Gasteiger partial charge is 0.356 e. The van der Waals surface area contributed by atoms with Crippen molar-refractivity contribution in [3.8, 4) is 16.9 Å². The van der Waals surface area contributed by atoms with Crippen molar-refractivity contribution in [2.24, 2.45) is 12.2 Å². The van der Waals surface area contributed by atoms with E-state index >= 15 is 0 Å². The maximum atomic E-state index is 12.4. The predicted molar refractivity (Wildman–Crippen MR) is 167 cm³/mol. The Balaban J connectivity index is 0.000000194. The van der Waals surface area contributed by atoms with Crippen LogP contribution in [0.15, 0.2) is 87.2 Å². The number of aromatic nitrogens is 2. The lowest BCUT2D eigenvalue weighted by atomic mass is 9.82. The van der Waals surface area contributed by atoms with Gasteiger partial charge in [0.05, 0.1) is 18.6 Å². The first-order valence-electron chi connectivity index (χ1n) is 13.7. The lowest BCUT2D eigenvalue weighted by molar-refractivity contribution is -0.135. The third-order valence-electron chi connectivity index (χ3n) is 7.05. The Kier molecular flexibility index (Phi) is 9.63. The minimum Gasteiger partial charge on any atom is -0.505 e. The number of ether oxygens (including phenoxy) is 1. The Labute approximate surface area is 253 Å². The molecular formula is C33H34BrN3O5. The van der Waals surface area contributed by atoms with Gasteiger partial charge in [-0.05, 0) is 44.4 Å². The molecule has 4 aromatic rings. The highest BCUT2D eigenvalue weighted by atomic mass is 79.9. The molecule has 1 aromatic heterocycles. The largest absolute Gasteiger partial charge is 0.505 e. The van der Waals surface area contributed by atoms with Gasteiger partial charge in [-0.3, -0.25) is 4.79 Å². The van der Waals surface area contributed by atoms with Crippen molar-refractivity contribution in [2.45, 2.75) is 46.1 Å². The quantitative estimate of drug-likeness (QED) is 0.248. The average molecular weight is 633 g/mol. The van der Waals surface area contributed by atoms with E-state index in [4.69, 9.17) is 9.57 Å². The van der Waals surface area contributed by atoms with Crippen LogP contribution in [0.2, 0.25) is 0 Å². The molecule has 218 valence electrons. The molecular weight excluding hydrogens is 598 g/mol. The number of halogens is 1. The first-order chi connectivity index (χ1) is 20.1. The fourth-order valence-corrected chi connectivity index (χ4v) is 5.82. The van der Waals surface area contributed by atoms with Gasteiger partial charge in [-0.15, -0.1) is 0 Å². The van der Waals surface area contributed by atoms with E-state index in [0.717, 1.165) is 38.7 Å². The van der Waals surface area contributed by atoms with E-state index in [-0.39, 0.29) is 11.3 Å².